The van der Waals surface area contributed by atoms with Gasteiger partial charge in [-0.05, 0) is 61.3 Å². The number of benzene rings is 1. The highest BCUT2D eigenvalue weighted by Gasteiger charge is 2.76. The summed E-state index contributed by atoms with van der Waals surface area (Å²) < 4.78 is 40.9. The fraction of sp³-hybridized carbons (Fsp3) is 0.500. The molecule has 3 saturated carbocycles. The number of nitrogens with one attached hydrogen (secondary N) is 1. The number of halogens is 3. The van der Waals surface area contributed by atoms with Crippen LogP contribution in [0.1, 0.15) is 49.8 Å². The summed E-state index contributed by atoms with van der Waals surface area (Å²) in [7, 11) is 0. The molecule has 3 fully saturated rings. The molecule has 7 rings (SSSR count). The number of fused-ring (bicyclic) bond motifs is 2. The zero-order chi connectivity index (χ0) is 22.5. The van der Waals surface area contributed by atoms with E-state index >= 15 is 0 Å². The van der Waals surface area contributed by atoms with Gasteiger partial charge in [-0.1, -0.05) is 43.4 Å². The summed E-state index contributed by atoms with van der Waals surface area (Å²) in [5.74, 6) is 4.08. The van der Waals surface area contributed by atoms with Gasteiger partial charge in [-0.15, -0.1) is 10.2 Å². The molecule has 0 amide bonds. The molecular weight excluding hydrogens is 425 g/mol. The van der Waals surface area contributed by atoms with Gasteiger partial charge in [0.1, 0.15) is 5.69 Å². The summed E-state index contributed by atoms with van der Waals surface area (Å²) in [5, 5.41) is 12.2. The Kier molecular flexibility index (Phi) is 3.86. The molecule has 0 bridgehead atoms. The number of hydrogen-bond acceptors (Lipinski definition) is 4. The second kappa shape index (κ2) is 6.45. The second-order valence-electron chi connectivity index (χ2n) is 10.5. The number of allylic oxidation sites excluding steroid dienone is 4. The molecule has 0 aliphatic heterocycles. The van der Waals surface area contributed by atoms with E-state index in [2.05, 4.69) is 45.6 Å². The highest BCUT2D eigenvalue weighted by atomic mass is 19.4. The molecule has 1 aromatic carbocycles. The van der Waals surface area contributed by atoms with Crippen LogP contribution in [-0.4, -0.2) is 15.2 Å². The third kappa shape index (κ3) is 2.80. The van der Waals surface area contributed by atoms with Crippen LogP contribution < -0.4 is 5.32 Å². The molecule has 1 aromatic heterocycles. The Labute approximate surface area is 190 Å². The summed E-state index contributed by atoms with van der Waals surface area (Å²) in [6.07, 6.45) is 6.94. The number of rotatable bonds is 4. The molecule has 0 saturated heterocycles. The first-order valence-electron chi connectivity index (χ1n) is 12.0. The predicted molar refractivity (Wildman–Crippen MR) is 118 cm³/mol. The molecule has 6 unspecified atom stereocenters. The maximum atomic E-state index is 13.6. The van der Waals surface area contributed by atoms with Gasteiger partial charge in [0, 0.05) is 22.6 Å². The quantitative estimate of drug-likeness (QED) is 0.563. The van der Waals surface area contributed by atoms with Gasteiger partial charge in [0.2, 0.25) is 0 Å². The number of aromatic nitrogens is 3. The number of hydrogen-bond donors (Lipinski definition) is 1. The predicted octanol–water partition coefficient (Wildman–Crippen LogP) is 6.21. The van der Waals surface area contributed by atoms with Crippen LogP contribution in [0.25, 0.3) is 11.4 Å². The second-order valence-corrected chi connectivity index (χ2v) is 10.5. The van der Waals surface area contributed by atoms with Crippen LogP contribution in [0.4, 0.5) is 19.0 Å². The molecule has 5 aliphatic carbocycles. The average Bonchev–Trinajstić information content (AvgIpc) is 3.66. The van der Waals surface area contributed by atoms with Gasteiger partial charge in [-0.3, -0.25) is 0 Å². The third-order valence-corrected chi connectivity index (χ3v) is 8.58. The highest BCUT2D eigenvalue weighted by molar-refractivity contribution is 5.64. The van der Waals surface area contributed by atoms with E-state index in [1.54, 1.807) is 6.07 Å². The first-order chi connectivity index (χ1) is 15.9. The van der Waals surface area contributed by atoms with Crippen LogP contribution in [0.3, 0.4) is 0 Å². The van der Waals surface area contributed by atoms with Crippen LogP contribution in [0.15, 0.2) is 48.2 Å². The van der Waals surface area contributed by atoms with Crippen molar-refractivity contribution in [1.82, 2.24) is 15.2 Å². The highest BCUT2D eigenvalue weighted by Crippen LogP contribution is 2.80. The van der Waals surface area contributed by atoms with Crippen LogP contribution in [-0.2, 0) is 6.18 Å². The molecule has 1 N–H and O–H groups in total. The fourth-order valence-corrected chi connectivity index (χ4v) is 6.87. The molecule has 4 nitrogen and oxygen atoms in total. The fourth-order valence-electron chi connectivity index (χ4n) is 6.87. The first kappa shape index (κ1) is 19.7. The van der Waals surface area contributed by atoms with Gasteiger partial charge in [-0.2, -0.15) is 13.2 Å². The van der Waals surface area contributed by atoms with E-state index in [4.69, 9.17) is 0 Å². The first-order valence-corrected chi connectivity index (χ1v) is 12.0. The molecule has 2 aromatic rings. The van der Waals surface area contributed by atoms with E-state index in [1.807, 2.05) is 0 Å². The number of anilines is 1. The van der Waals surface area contributed by atoms with E-state index < -0.39 is 11.7 Å². The van der Waals surface area contributed by atoms with Gasteiger partial charge in [-0.25, -0.2) is 4.98 Å². The van der Waals surface area contributed by atoms with Crippen molar-refractivity contribution >= 4 is 5.82 Å². The lowest BCUT2D eigenvalue weighted by Crippen LogP contribution is -2.26. The lowest BCUT2D eigenvalue weighted by atomic mass is 9.80. The van der Waals surface area contributed by atoms with Gasteiger partial charge in [0.15, 0.2) is 11.6 Å². The molecule has 5 aliphatic rings. The van der Waals surface area contributed by atoms with Crippen molar-refractivity contribution in [2.45, 2.75) is 44.7 Å². The lowest BCUT2D eigenvalue weighted by molar-refractivity contribution is -0.137. The summed E-state index contributed by atoms with van der Waals surface area (Å²) in [6.45, 7) is 2.34. The van der Waals surface area contributed by atoms with Crippen molar-refractivity contribution in [1.29, 1.82) is 0 Å². The smallest absolute Gasteiger partial charge is 0.342 e. The molecule has 0 radical (unpaired) electrons. The normalized spacial score (nSPS) is 35.8. The van der Waals surface area contributed by atoms with E-state index in [-0.39, 0.29) is 22.7 Å². The van der Waals surface area contributed by atoms with Crippen molar-refractivity contribution in [3.8, 4) is 11.4 Å². The molecular formula is C26H25F3N4. The third-order valence-electron chi connectivity index (χ3n) is 8.58. The number of alkyl halides is 3. The van der Waals surface area contributed by atoms with Gasteiger partial charge in [0.25, 0.3) is 0 Å². The minimum atomic E-state index is -4.48. The maximum absolute atomic E-state index is 13.6. The Balaban J connectivity index is 1.30. The number of nitrogens with zero attached hydrogens (tertiary/aromatic N) is 3. The summed E-state index contributed by atoms with van der Waals surface area (Å²) in [5.41, 5.74) is 1.38. The van der Waals surface area contributed by atoms with Gasteiger partial charge < -0.3 is 5.32 Å². The van der Waals surface area contributed by atoms with E-state index in [0.717, 1.165) is 31.0 Å². The zero-order valence-electron chi connectivity index (χ0n) is 18.3. The van der Waals surface area contributed by atoms with E-state index in [9.17, 15) is 13.2 Å². The summed E-state index contributed by atoms with van der Waals surface area (Å²) in [4.78, 5) is 4.67. The largest absolute Gasteiger partial charge is 0.417 e. The zero-order valence-corrected chi connectivity index (χ0v) is 18.3. The lowest BCUT2D eigenvalue weighted by Gasteiger charge is -2.30. The minimum absolute atomic E-state index is 0.0221. The van der Waals surface area contributed by atoms with Gasteiger partial charge in [0.05, 0.1) is 5.56 Å². The van der Waals surface area contributed by atoms with Crippen LogP contribution in [0.2, 0.25) is 0 Å². The van der Waals surface area contributed by atoms with E-state index in [0.29, 0.717) is 35.4 Å². The van der Waals surface area contributed by atoms with Crippen molar-refractivity contribution < 1.29 is 13.2 Å². The van der Waals surface area contributed by atoms with Crippen molar-refractivity contribution in [2.75, 3.05) is 5.32 Å². The van der Waals surface area contributed by atoms with Gasteiger partial charge >= 0.3 is 6.18 Å². The molecule has 170 valence electrons. The molecule has 6 atom stereocenters. The Hall–Kier alpha value is -2.70. The topological polar surface area (TPSA) is 50.7 Å². The molecule has 7 heteroatoms. The summed E-state index contributed by atoms with van der Waals surface area (Å²) in [6, 6.07) is 5.47. The Morgan fingerprint density at radius 2 is 1.91 bits per heavy atom. The Bertz CT molecular complexity index is 1210. The van der Waals surface area contributed by atoms with Crippen LogP contribution in [0, 0.1) is 35.0 Å². The minimum Gasteiger partial charge on any atom is -0.342 e. The molecule has 1 heterocycles. The van der Waals surface area contributed by atoms with Crippen LogP contribution >= 0.6 is 0 Å². The monoisotopic (exact) mass is 450 g/mol. The van der Waals surface area contributed by atoms with E-state index in [1.165, 1.54) is 24.3 Å². The Morgan fingerprint density at radius 3 is 2.70 bits per heavy atom. The average molecular weight is 451 g/mol. The maximum Gasteiger partial charge on any atom is 0.417 e. The standard InChI is InChI=1S/C26H25F3N4/c1-13-6-11-20(25-18(21(13)25)10-9-15-12-19(15)25)30-24-22(14-7-8-14)32-33-23(31-24)16-4-2-3-5-17(16)26(27,28)29/h2-5,9-11,13-15,18-19,21H,6-8,12H2,1H3,(H,30,31,33). The molecule has 1 spiro atoms. The van der Waals surface area contributed by atoms with Crippen molar-refractivity contribution in [3.63, 3.8) is 0 Å². The summed E-state index contributed by atoms with van der Waals surface area (Å²) >= 11 is 0. The Morgan fingerprint density at radius 1 is 1.09 bits per heavy atom. The molecule has 33 heavy (non-hydrogen) atoms. The van der Waals surface area contributed by atoms with Crippen LogP contribution in [0.5, 0.6) is 0 Å². The SMILES string of the molecule is CC1CC=C(Nc2nc(-c3ccccc3C(F)(F)F)nnc2C2CC2)C23C(C=CC4CC42)C13. The van der Waals surface area contributed by atoms with Crippen molar-refractivity contribution in [2.24, 2.45) is 35.0 Å². The van der Waals surface area contributed by atoms with Crippen molar-refractivity contribution in [3.05, 3.63) is 59.4 Å².